The molecule has 0 aromatic carbocycles. The predicted molar refractivity (Wildman–Crippen MR) is 72.7 cm³/mol. The molecule has 1 aromatic rings. The second-order valence-electron chi connectivity index (χ2n) is 4.18. The highest BCUT2D eigenvalue weighted by Crippen LogP contribution is 2.37. The van der Waals surface area contributed by atoms with Gasteiger partial charge < -0.3 is 11.1 Å². The lowest BCUT2D eigenvalue weighted by Crippen LogP contribution is -2.27. The average Bonchev–Trinajstić information content (AvgIpc) is 2.67. The Labute approximate surface area is 108 Å². The zero-order valence-electron chi connectivity index (χ0n) is 9.16. The van der Waals surface area contributed by atoms with Gasteiger partial charge in [-0.05, 0) is 41.4 Å². The molecule has 1 atom stereocenters. The smallest absolute Gasteiger partial charge is 0.221 e. The Bertz CT molecular complexity index is 379. The first-order valence-corrected chi connectivity index (χ1v) is 7.03. The van der Waals surface area contributed by atoms with Crippen LogP contribution in [-0.2, 0) is 0 Å². The number of hydrogen-bond donors (Lipinski definition) is 2. The molecule has 1 aliphatic rings. The van der Waals surface area contributed by atoms with Crippen molar-refractivity contribution in [2.24, 2.45) is 0 Å². The standard InChI is InChI=1S/C10H15BrN4S/c1-10(3-2-4-16-10)6-14-8-7(11)5-13-9(12)15-8/h5H,2-4,6H2,1H3,(H3,12,13,14,15). The molecule has 1 fully saturated rings. The largest absolute Gasteiger partial charge is 0.368 e. The predicted octanol–water partition coefficient (Wildman–Crippen LogP) is 2.52. The minimum absolute atomic E-state index is 0.301. The van der Waals surface area contributed by atoms with Crippen LogP contribution in [0.4, 0.5) is 11.8 Å². The first-order chi connectivity index (χ1) is 7.59. The van der Waals surface area contributed by atoms with Crippen LogP contribution < -0.4 is 11.1 Å². The SMILES string of the molecule is CC1(CNc2nc(N)ncc2Br)CCCS1. The van der Waals surface area contributed by atoms with Crippen molar-refractivity contribution in [3.8, 4) is 0 Å². The first kappa shape index (κ1) is 12.0. The van der Waals surface area contributed by atoms with E-state index < -0.39 is 0 Å². The molecule has 1 aromatic heterocycles. The van der Waals surface area contributed by atoms with E-state index in [4.69, 9.17) is 5.73 Å². The van der Waals surface area contributed by atoms with Crippen LogP contribution in [0, 0.1) is 0 Å². The molecule has 0 aliphatic carbocycles. The monoisotopic (exact) mass is 302 g/mol. The number of nitrogen functional groups attached to an aromatic ring is 1. The summed E-state index contributed by atoms with van der Waals surface area (Å²) in [5.74, 6) is 2.33. The summed E-state index contributed by atoms with van der Waals surface area (Å²) in [6.45, 7) is 3.20. The number of nitrogens with two attached hydrogens (primary N) is 1. The Morgan fingerprint density at radius 2 is 2.50 bits per heavy atom. The van der Waals surface area contributed by atoms with Crippen molar-refractivity contribution < 1.29 is 0 Å². The van der Waals surface area contributed by atoms with Crippen molar-refractivity contribution >= 4 is 39.5 Å². The van der Waals surface area contributed by atoms with Gasteiger partial charge in [0.15, 0.2) is 0 Å². The summed E-state index contributed by atoms with van der Waals surface area (Å²) in [5.41, 5.74) is 5.56. The van der Waals surface area contributed by atoms with E-state index in [9.17, 15) is 0 Å². The molecule has 0 radical (unpaired) electrons. The molecule has 4 nitrogen and oxygen atoms in total. The molecule has 3 N–H and O–H groups in total. The van der Waals surface area contributed by atoms with E-state index in [-0.39, 0.29) is 0 Å². The molecule has 16 heavy (non-hydrogen) atoms. The Morgan fingerprint density at radius 3 is 3.19 bits per heavy atom. The zero-order valence-corrected chi connectivity index (χ0v) is 11.6. The summed E-state index contributed by atoms with van der Waals surface area (Å²) in [4.78, 5) is 8.08. The zero-order chi connectivity index (χ0) is 11.6. The van der Waals surface area contributed by atoms with Gasteiger partial charge in [-0.15, -0.1) is 0 Å². The number of anilines is 2. The molecular formula is C10H15BrN4S. The average molecular weight is 303 g/mol. The van der Waals surface area contributed by atoms with Gasteiger partial charge in [0.05, 0.1) is 4.47 Å². The second kappa shape index (κ2) is 4.79. The highest BCUT2D eigenvalue weighted by atomic mass is 79.9. The first-order valence-electron chi connectivity index (χ1n) is 5.25. The highest BCUT2D eigenvalue weighted by molar-refractivity contribution is 9.10. The Balaban J connectivity index is 2.01. The van der Waals surface area contributed by atoms with Gasteiger partial charge in [-0.25, -0.2) is 4.98 Å². The number of halogens is 1. The van der Waals surface area contributed by atoms with E-state index in [0.29, 0.717) is 10.7 Å². The van der Waals surface area contributed by atoms with E-state index in [1.54, 1.807) is 6.20 Å². The summed E-state index contributed by atoms with van der Waals surface area (Å²) in [6.07, 6.45) is 4.23. The van der Waals surface area contributed by atoms with Crippen molar-refractivity contribution in [2.75, 3.05) is 23.3 Å². The second-order valence-corrected chi connectivity index (χ2v) is 6.72. The van der Waals surface area contributed by atoms with Gasteiger partial charge >= 0.3 is 0 Å². The lowest BCUT2D eigenvalue weighted by Gasteiger charge is -2.23. The van der Waals surface area contributed by atoms with Crippen LogP contribution in [-0.4, -0.2) is 27.0 Å². The molecule has 0 bridgehead atoms. The number of rotatable bonds is 3. The summed E-state index contributed by atoms with van der Waals surface area (Å²) in [5, 5.41) is 3.34. The number of nitrogens with one attached hydrogen (secondary N) is 1. The summed E-state index contributed by atoms with van der Waals surface area (Å²) in [7, 11) is 0. The third-order valence-electron chi connectivity index (χ3n) is 2.69. The molecule has 2 rings (SSSR count). The third-order valence-corrected chi connectivity index (χ3v) is 4.81. The number of hydrogen-bond acceptors (Lipinski definition) is 5. The maximum Gasteiger partial charge on any atom is 0.221 e. The van der Waals surface area contributed by atoms with Crippen LogP contribution in [0.1, 0.15) is 19.8 Å². The van der Waals surface area contributed by atoms with Crippen molar-refractivity contribution in [3.05, 3.63) is 10.7 Å². The molecule has 1 unspecified atom stereocenters. The van der Waals surface area contributed by atoms with Crippen molar-refractivity contribution in [1.82, 2.24) is 9.97 Å². The van der Waals surface area contributed by atoms with Gasteiger partial charge in [-0.1, -0.05) is 0 Å². The number of aromatic nitrogens is 2. The molecule has 0 spiro atoms. The molecule has 1 aliphatic heterocycles. The van der Waals surface area contributed by atoms with Gasteiger partial charge in [-0.2, -0.15) is 16.7 Å². The molecule has 1 saturated heterocycles. The minimum Gasteiger partial charge on any atom is -0.368 e. The van der Waals surface area contributed by atoms with Crippen molar-refractivity contribution in [2.45, 2.75) is 24.5 Å². The molecular weight excluding hydrogens is 288 g/mol. The van der Waals surface area contributed by atoms with Gasteiger partial charge in [0.1, 0.15) is 5.82 Å². The van der Waals surface area contributed by atoms with Crippen LogP contribution in [0.3, 0.4) is 0 Å². The van der Waals surface area contributed by atoms with E-state index in [2.05, 4.69) is 38.1 Å². The summed E-state index contributed by atoms with van der Waals surface area (Å²) in [6, 6.07) is 0. The van der Waals surface area contributed by atoms with E-state index in [1.807, 2.05) is 11.8 Å². The van der Waals surface area contributed by atoms with E-state index in [1.165, 1.54) is 18.6 Å². The fraction of sp³-hybridized carbons (Fsp3) is 0.600. The van der Waals surface area contributed by atoms with Gasteiger partial charge in [0.25, 0.3) is 0 Å². The van der Waals surface area contributed by atoms with Crippen LogP contribution >= 0.6 is 27.7 Å². The molecule has 2 heterocycles. The van der Waals surface area contributed by atoms with Crippen LogP contribution in [0.5, 0.6) is 0 Å². The molecule has 6 heteroatoms. The van der Waals surface area contributed by atoms with E-state index in [0.717, 1.165) is 16.8 Å². The lowest BCUT2D eigenvalue weighted by molar-refractivity contribution is 0.633. The molecule has 0 amide bonds. The fourth-order valence-corrected chi connectivity index (χ4v) is 3.33. The highest BCUT2D eigenvalue weighted by Gasteiger charge is 2.29. The van der Waals surface area contributed by atoms with Crippen molar-refractivity contribution in [3.63, 3.8) is 0 Å². The Kier molecular flexibility index (Phi) is 3.59. The summed E-state index contributed by atoms with van der Waals surface area (Å²) < 4.78 is 1.17. The van der Waals surface area contributed by atoms with Gasteiger partial charge in [0, 0.05) is 17.5 Å². The Hall–Kier alpha value is -0.490. The normalized spacial score (nSPS) is 24.6. The van der Waals surface area contributed by atoms with Crippen LogP contribution in [0.25, 0.3) is 0 Å². The molecule has 88 valence electrons. The van der Waals surface area contributed by atoms with Crippen LogP contribution in [0.15, 0.2) is 10.7 Å². The quantitative estimate of drug-likeness (QED) is 0.898. The third kappa shape index (κ3) is 2.79. The van der Waals surface area contributed by atoms with E-state index >= 15 is 0 Å². The fourth-order valence-electron chi connectivity index (χ4n) is 1.75. The van der Waals surface area contributed by atoms with Gasteiger partial charge in [-0.3, -0.25) is 0 Å². The number of thioether (sulfide) groups is 1. The lowest BCUT2D eigenvalue weighted by atomic mass is 10.1. The number of nitrogens with zero attached hydrogens (tertiary/aromatic N) is 2. The minimum atomic E-state index is 0.301. The van der Waals surface area contributed by atoms with Crippen molar-refractivity contribution in [1.29, 1.82) is 0 Å². The summed E-state index contributed by atoms with van der Waals surface area (Å²) >= 11 is 5.43. The van der Waals surface area contributed by atoms with Crippen LogP contribution in [0.2, 0.25) is 0 Å². The molecule has 0 saturated carbocycles. The topological polar surface area (TPSA) is 63.8 Å². The van der Waals surface area contributed by atoms with Gasteiger partial charge in [0.2, 0.25) is 5.95 Å². The Morgan fingerprint density at radius 1 is 1.69 bits per heavy atom. The maximum absolute atomic E-state index is 5.56. The maximum atomic E-state index is 5.56.